The maximum atomic E-state index is 13.7. The molecule has 4 nitrogen and oxygen atoms in total. The second-order valence-corrected chi connectivity index (χ2v) is 9.42. The molecule has 2 atom stereocenters. The maximum absolute atomic E-state index is 13.7. The molecular formula is C26H22BrFN4S. The molecule has 33 heavy (non-hydrogen) atoms. The van der Waals surface area contributed by atoms with Crippen LogP contribution in [-0.4, -0.2) is 14.7 Å². The Balaban J connectivity index is 1.68. The summed E-state index contributed by atoms with van der Waals surface area (Å²) in [6, 6.07) is 22.5. The highest BCUT2D eigenvalue weighted by Gasteiger charge is 2.42. The van der Waals surface area contributed by atoms with Crippen LogP contribution in [0.25, 0.3) is 5.69 Å². The second kappa shape index (κ2) is 8.72. The molecule has 2 aromatic heterocycles. The molecule has 0 spiro atoms. The zero-order valence-corrected chi connectivity index (χ0v) is 20.6. The lowest BCUT2D eigenvalue weighted by atomic mass is 9.96. The SMILES string of the molecule is Cc1cc(C2C(c3ccccn3)NC(=S)N2c2ccc(F)cc2)c(C)n1-c1cccc(Br)c1. The molecule has 2 unspecified atom stereocenters. The van der Waals surface area contributed by atoms with Crippen molar-refractivity contribution in [1.82, 2.24) is 14.9 Å². The maximum Gasteiger partial charge on any atom is 0.174 e. The highest BCUT2D eigenvalue weighted by atomic mass is 79.9. The van der Waals surface area contributed by atoms with Crippen LogP contribution in [0.2, 0.25) is 0 Å². The van der Waals surface area contributed by atoms with E-state index >= 15 is 0 Å². The number of hydrogen-bond acceptors (Lipinski definition) is 2. The van der Waals surface area contributed by atoms with Crippen LogP contribution in [0.15, 0.2) is 83.5 Å². The molecule has 0 amide bonds. The van der Waals surface area contributed by atoms with Crippen LogP contribution >= 0.6 is 28.1 Å². The zero-order valence-electron chi connectivity index (χ0n) is 18.2. The van der Waals surface area contributed by atoms with Gasteiger partial charge in [0.05, 0.1) is 17.8 Å². The topological polar surface area (TPSA) is 33.1 Å². The van der Waals surface area contributed by atoms with Crippen molar-refractivity contribution in [3.8, 4) is 5.69 Å². The average Bonchev–Trinajstić information content (AvgIpc) is 3.30. The first-order valence-corrected chi connectivity index (χ1v) is 11.8. The van der Waals surface area contributed by atoms with Gasteiger partial charge in [0.2, 0.25) is 0 Å². The second-order valence-electron chi connectivity index (χ2n) is 8.11. The molecule has 4 aromatic rings. The first kappa shape index (κ1) is 21.8. The quantitative estimate of drug-likeness (QED) is 0.308. The summed E-state index contributed by atoms with van der Waals surface area (Å²) in [5.41, 5.74) is 6.21. The van der Waals surface area contributed by atoms with E-state index in [1.165, 1.54) is 12.1 Å². The minimum absolute atomic E-state index is 0.148. The third-order valence-electron chi connectivity index (χ3n) is 6.06. The Kier molecular flexibility index (Phi) is 5.76. The van der Waals surface area contributed by atoms with E-state index in [-0.39, 0.29) is 17.9 Å². The van der Waals surface area contributed by atoms with E-state index in [1.807, 2.05) is 30.3 Å². The number of aromatic nitrogens is 2. The molecule has 3 heterocycles. The molecule has 0 aliphatic carbocycles. The first-order valence-electron chi connectivity index (χ1n) is 10.6. The number of nitrogens with zero attached hydrogens (tertiary/aromatic N) is 3. The number of pyridine rings is 1. The molecule has 1 N–H and O–H groups in total. The molecule has 1 saturated heterocycles. The van der Waals surface area contributed by atoms with Gasteiger partial charge >= 0.3 is 0 Å². The van der Waals surface area contributed by atoms with Crippen LogP contribution in [0.3, 0.4) is 0 Å². The van der Waals surface area contributed by atoms with Crippen LogP contribution in [0, 0.1) is 19.7 Å². The number of benzene rings is 2. The monoisotopic (exact) mass is 520 g/mol. The summed E-state index contributed by atoms with van der Waals surface area (Å²) in [6.45, 7) is 4.24. The van der Waals surface area contributed by atoms with E-state index in [1.54, 1.807) is 18.3 Å². The first-order chi connectivity index (χ1) is 15.9. The molecule has 2 aromatic carbocycles. The van der Waals surface area contributed by atoms with Gasteiger partial charge < -0.3 is 14.8 Å². The number of hydrogen-bond donors (Lipinski definition) is 1. The lowest BCUT2D eigenvalue weighted by Crippen LogP contribution is -2.29. The number of thiocarbonyl (C=S) groups is 1. The average molecular weight is 521 g/mol. The van der Waals surface area contributed by atoms with Gasteiger partial charge in [0.15, 0.2) is 5.11 Å². The Bertz CT molecular complexity index is 1320. The normalized spacial score (nSPS) is 17.9. The third-order valence-corrected chi connectivity index (χ3v) is 6.87. The molecule has 1 fully saturated rings. The van der Waals surface area contributed by atoms with Crippen molar-refractivity contribution in [3.05, 3.63) is 112 Å². The number of anilines is 1. The molecule has 1 aliphatic heterocycles. The Morgan fingerprint density at radius 1 is 0.970 bits per heavy atom. The highest BCUT2D eigenvalue weighted by molar-refractivity contribution is 9.10. The molecular weight excluding hydrogens is 499 g/mol. The van der Waals surface area contributed by atoms with Gasteiger partial charge in [-0.1, -0.05) is 28.1 Å². The summed E-state index contributed by atoms with van der Waals surface area (Å²) in [4.78, 5) is 6.69. The van der Waals surface area contributed by atoms with E-state index in [4.69, 9.17) is 12.2 Å². The Labute approximate surface area is 206 Å². The minimum Gasteiger partial charge on any atom is -0.351 e. The van der Waals surface area contributed by atoms with Crippen LogP contribution in [-0.2, 0) is 0 Å². The van der Waals surface area contributed by atoms with Crippen molar-refractivity contribution >= 4 is 38.9 Å². The van der Waals surface area contributed by atoms with E-state index in [2.05, 4.69) is 67.7 Å². The van der Waals surface area contributed by atoms with Crippen molar-refractivity contribution in [1.29, 1.82) is 0 Å². The predicted octanol–water partition coefficient (Wildman–Crippen LogP) is 6.57. The van der Waals surface area contributed by atoms with Gasteiger partial charge in [-0.3, -0.25) is 4.98 Å². The van der Waals surface area contributed by atoms with E-state index in [0.717, 1.165) is 38.5 Å². The van der Waals surface area contributed by atoms with Gasteiger partial charge in [-0.2, -0.15) is 0 Å². The zero-order chi connectivity index (χ0) is 23.1. The van der Waals surface area contributed by atoms with Gasteiger partial charge in [0.1, 0.15) is 5.82 Å². The standard InChI is InChI=1S/C26H22BrFN4S/c1-16-14-22(17(2)31(16)21-7-5-6-18(27)15-21)25-24(23-8-3-4-13-29-23)30-26(33)32(25)20-11-9-19(28)10-12-20/h3-15,24-25H,1-2H3,(H,30,33). The van der Waals surface area contributed by atoms with Gasteiger partial charge in [0, 0.05) is 33.4 Å². The molecule has 1 aliphatic rings. The fourth-order valence-corrected chi connectivity index (χ4v) is 5.38. The lowest BCUT2D eigenvalue weighted by molar-refractivity contribution is 0.565. The predicted molar refractivity (Wildman–Crippen MR) is 137 cm³/mol. The summed E-state index contributed by atoms with van der Waals surface area (Å²) in [7, 11) is 0. The Morgan fingerprint density at radius 2 is 1.76 bits per heavy atom. The smallest absolute Gasteiger partial charge is 0.174 e. The van der Waals surface area contributed by atoms with E-state index in [0.29, 0.717) is 5.11 Å². The van der Waals surface area contributed by atoms with Crippen LogP contribution in [0.4, 0.5) is 10.1 Å². The van der Waals surface area contributed by atoms with Crippen molar-refractivity contribution in [3.63, 3.8) is 0 Å². The Hall–Kier alpha value is -3.03. The van der Waals surface area contributed by atoms with Crippen molar-refractivity contribution in [2.24, 2.45) is 0 Å². The van der Waals surface area contributed by atoms with Gasteiger partial charge in [-0.15, -0.1) is 0 Å². The summed E-state index contributed by atoms with van der Waals surface area (Å²) < 4.78 is 17.0. The van der Waals surface area contributed by atoms with E-state index in [9.17, 15) is 4.39 Å². The van der Waals surface area contributed by atoms with E-state index < -0.39 is 0 Å². The number of aryl methyl sites for hydroxylation is 1. The number of halogens is 2. The summed E-state index contributed by atoms with van der Waals surface area (Å²) in [6.07, 6.45) is 1.79. The molecule has 0 radical (unpaired) electrons. The fourth-order valence-electron chi connectivity index (χ4n) is 4.65. The van der Waals surface area contributed by atoms with Gasteiger partial charge in [-0.25, -0.2) is 4.39 Å². The summed E-state index contributed by atoms with van der Waals surface area (Å²) in [5.74, 6) is -0.275. The van der Waals surface area contributed by atoms with Gasteiger partial charge in [-0.05, 0) is 92.3 Å². The molecule has 166 valence electrons. The highest BCUT2D eigenvalue weighted by Crippen LogP contribution is 2.43. The number of nitrogens with one attached hydrogen (secondary N) is 1. The fraction of sp³-hybridized carbons (Fsp3) is 0.154. The van der Waals surface area contributed by atoms with Crippen LogP contribution < -0.4 is 10.2 Å². The largest absolute Gasteiger partial charge is 0.351 e. The molecule has 7 heteroatoms. The van der Waals surface area contributed by atoms with Gasteiger partial charge in [0.25, 0.3) is 0 Å². The molecule has 0 bridgehead atoms. The Morgan fingerprint density at radius 3 is 2.45 bits per heavy atom. The van der Waals surface area contributed by atoms with Crippen LogP contribution in [0.5, 0.6) is 0 Å². The lowest BCUT2D eigenvalue weighted by Gasteiger charge is -2.28. The van der Waals surface area contributed by atoms with Crippen molar-refractivity contribution in [2.75, 3.05) is 4.90 Å². The molecule has 0 saturated carbocycles. The van der Waals surface area contributed by atoms with Crippen molar-refractivity contribution in [2.45, 2.75) is 25.9 Å². The number of rotatable bonds is 4. The molecule has 5 rings (SSSR count). The summed E-state index contributed by atoms with van der Waals surface area (Å²) in [5, 5.41) is 4.06. The summed E-state index contributed by atoms with van der Waals surface area (Å²) >= 11 is 9.37. The minimum atomic E-state index is -0.275. The third kappa shape index (κ3) is 3.96. The van der Waals surface area contributed by atoms with Crippen molar-refractivity contribution < 1.29 is 4.39 Å². The van der Waals surface area contributed by atoms with Crippen LogP contribution in [0.1, 0.15) is 34.7 Å².